The lowest BCUT2D eigenvalue weighted by Gasteiger charge is -2.26. The first-order chi connectivity index (χ1) is 9.62. The van der Waals surface area contributed by atoms with Crippen molar-refractivity contribution in [2.75, 3.05) is 26.8 Å². The summed E-state index contributed by atoms with van der Waals surface area (Å²) in [5.74, 6) is 0. The van der Waals surface area contributed by atoms with Gasteiger partial charge in [0.2, 0.25) is 0 Å². The van der Waals surface area contributed by atoms with Gasteiger partial charge in [0.25, 0.3) is 0 Å². The van der Waals surface area contributed by atoms with Crippen molar-refractivity contribution in [3.05, 3.63) is 48.0 Å². The van der Waals surface area contributed by atoms with Crippen LogP contribution < -0.4 is 5.32 Å². The van der Waals surface area contributed by atoms with Crippen molar-refractivity contribution in [2.45, 2.75) is 20.3 Å². The minimum absolute atomic E-state index is 0.234. The molecule has 0 amide bonds. The predicted molar refractivity (Wildman–Crippen MR) is 86.2 cm³/mol. The smallest absolute Gasteiger partial charge is 0.0587 e. The van der Waals surface area contributed by atoms with Gasteiger partial charge in [-0.25, -0.2) is 0 Å². The molecule has 2 heteroatoms. The molecule has 0 unspecified atom stereocenters. The third-order valence-electron chi connectivity index (χ3n) is 3.64. The highest BCUT2D eigenvalue weighted by atomic mass is 16.5. The van der Waals surface area contributed by atoms with Crippen molar-refractivity contribution in [1.29, 1.82) is 0 Å². The fourth-order valence-electron chi connectivity index (χ4n) is 2.63. The van der Waals surface area contributed by atoms with Gasteiger partial charge < -0.3 is 10.1 Å². The Labute approximate surface area is 122 Å². The van der Waals surface area contributed by atoms with Crippen molar-refractivity contribution < 1.29 is 4.74 Å². The van der Waals surface area contributed by atoms with Crippen LogP contribution in [0.3, 0.4) is 0 Å². The molecule has 0 aliphatic rings. The van der Waals surface area contributed by atoms with E-state index in [2.05, 4.69) is 61.6 Å². The van der Waals surface area contributed by atoms with Gasteiger partial charge in [0.1, 0.15) is 0 Å². The zero-order valence-corrected chi connectivity index (χ0v) is 12.8. The van der Waals surface area contributed by atoms with Crippen LogP contribution >= 0.6 is 0 Å². The van der Waals surface area contributed by atoms with E-state index in [1.165, 1.54) is 16.3 Å². The van der Waals surface area contributed by atoms with Crippen LogP contribution in [0.15, 0.2) is 42.5 Å². The van der Waals surface area contributed by atoms with Crippen LogP contribution in [0.5, 0.6) is 0 Å². The van der Waals surface area contributed by atoms with Crippen molar-refractivity contribution in [1.82, 2.24) is 5.32 Å². The summed E-state index contributed by atoms with van der Waals surface area (Å²) in [6.07, 6.45) is 1.08. The summed E-state index contributed by atoms with van der Waals surface area (Å²) in [6, 6.07) is 15.2. The minimum Gasteiger partial charge on any atom is -0.383 e. The molecule has 0 spiro atoms. The Bertz CT molecular complexity index is 543. The van der Waals surface area contributed by atoms with Gasteiger partial charge in [0, 0.05) is 20.2 Å². The second kappa shape index (κ2) is 6.87. The van der Waals surface area contributed by atoms with Gasteiger partial charge in [-0.1, -0.05) is 56.3 Å². The van der Waals surface area contributed by atoms with E-state index in [0.717, 1.165) is 26.1 Å². The highest BCUT2D eigenvalue weighted by Gasteiger charge is 2.19. The average molecular weight is 271 g/mol. The van der Waals surface area contributed by atoms with Gasteiger partial charge >= 0.3 is 0 Å². The lowest BCUT2D eigenvalue weighted by Crippen LogP contribution is -2.33. The molecule has 20 heavy (non-hydrogen) atoms. The fourth-order valence-corrected chi connectivity index (χ4v) is 2.63. The summed E-state index contributed by atoms with van der Waals surface area (Å²) in [5.41, 5.74) is 1.67. The minimum atomic E-state index is 0.234. The Kier molecular flexibility index (Phi) is 5.16. The fraction of sp³-hybridized carbons (Fsp3) is 0.444. The summed E-state index contributed by atoms with van der Waals surface area (Å²) in [6.45, 7) is 7.31. The van der Waals surface area contributed by atoms with E-state index in [-0.39, 0.29) is 5.41 Å². The van der Waals surface area contributed by atoms with Gasteiger partial charge in [0.15, 0.2) is 0 Å². The zero-order chi connectivity index (χ0) is 14.4. The molecular weight excluding hydrogens is 246 g/mol. The van der Waals surface area contributed by atoms with E-state index in [4.69, 9.17) is 4.74 Å². The molecule has 0 saturated carbocycles. The number of fused-ring (bicyclic) bond motifs is 1. The van der Waals surface area contributed by atoms with Crippen molar-refractivity contribution >= 4 is 10.8 Å². The molecule has 2 aromatic rings. The number of hydrogen-bond acceptors (Lipinski definition) is 2. The molecule has 0 saturated heterocycles. The van der Waals surface area contributed by atoms with E-state index in [0.29, 0.717) is 0 Å². The summed E-state index contributed by atoms with van der Waals surface area (Å²) in [7, 11) is 1.74. The van der Waals surface area contributed by atoms with Gasteiger partial charge in [-0.3, -0.25) is 0 Å². The van der Waals surface area contributed by atoms with Gasteiger partial charge in [0.05, 0.1) is 6.61 Å². The van der Waals surface area contributed by atoms with Crippen molar-refractivity contribution in [3.63, 3.8) is 0 Å². The number of methoxy groups -OCH3 is 1. The van der Waals surface area contributed by atoms with Crippen molar-refractivity contribution in [2.24, 2.45) is 5.41 Å². The highest BCUT2D eigenvalue weighted by Crippen LogP contribution is 2.26. The molecule has 1 N–H and O–H groups in total. The Hall–Kier alpha value is -1.38. The molecule has 2 rings (SSSR count). The van der Waals surface area contributed by atoms with Crippen LogP contribution in [0.25, 0.3) is 10.8 Å². The monoisotopic (exact) mass is 271 g/mol. The van der Waals surface area contributed by atoms with E-state index in [1.807, 2.05) is 0 Å². The van der Waals surface area contributed by atoms with E-state index < -0.39 is 0 Å². The third-order valence-corrected chi connectivity index (χ3v) is 3.64. The Balaban J connectivity index is 2.07. The van der Waals surface area contributed by atoms with Crippen LogP contribution in [-0.4, -0.2) is 26.8 Å². The first-order valence-corrected chi connectivity index (χ1v) is 7.29. The number of hydrogen-bond donors (Lipinski definition) is 1. The van der Waals surface area contributed by atoms with E-state index in [9.17, 15) is 0 Å². The van der Waals surface area contributed by atoms with Crippen LogP contribution in [0.2, 0.25) is 0 Å². The first kappa shape index (κ1) is 15.0. The lowest BCUT2D eigenvalue weighted by atomic mass is 9.84. The van der Waals surface area contributed by atoms with Crippen LogP contribution in [-0.2, 0) is 11.2 Å². The molecule has 0 fully saturated rings. The molecule has 0 atom stereocenters. The second-order valence-electron chi connectivity index (χ2n) is 6.15. The molecule has 2 aromatic carbocycles. The number of benzene rings is 2. The molecule has 0 aromatic heterocycles. The topological polar surface area (TPSA) is 21.3 Å². The first-order valence-electron chi connectivity index (χ1n) is 7.29. The van der Waals surface area contributed by atoms with E-state index in [1.54, 1.807) is 7.11 Å². The number of ether oxygens (including phenoxy) is 1. The molecule has 0 bridgehead atoms. The molecule has 108 valence electrons. The maximum absolute atomic E-state index is 5.07. The molecule has 0 heterocycles. The number of nitrogens with one attached hydrogen (secondary N) is 1. The molecule has 0 aliphatic heterocycles. The summed E-state index contributed by atoms with van der Waals surface area (Å²) in [5, 5.41) is 6.17. The molecule has 0 aliphatic carbocycles. The largest absolute Gasteiger partial charge is 0.383 e. The Morgan fingerprint density at radius 2 is 1.80 bits per heavy atom. The Morgan fingerprint density at radius 1 is 1.05 bits per heavy atom. The van der Waals surface area contributed by atoms with Crippen LogP contribution in [0.1, 0.15) is 19.4 Å². The summed E-state index contributed by atoms with van der Waals surface area (Å²) < 4.78 is 5.07. The normalized spacial score (nSPS) is 11.9. The summed E-state index contributed by atoms with van der Waals surface area (Å²) in [4.78, 5) is 0. The molecular formula is C18H25NO. The molecule has 2 nitrogen and oxygen atoms in total. The zero-order valence-electron chi connectivity index (χ0n) is 12.8. The lowest BCUT2D eigenvalue weighted by molar-refractivity contribution is 0.194. The molecule has 0 radical (unpaired) electrons. The van der Waals surface area contributed by atoms with Crippen LogP contribution in [0, 0.1) is 5.41 Å². The number of rotatable bonds is 7. The Morgan fingerprint density at radius 3 is 2.60 bits per heavy atom. The van der Waals surface area contributed by atoms with Gasteiger partial charge in [-0.05, 0) is 28.2 Å². The quantitative estimate of drug-likeness (QED) is 0.776. The van der Waals surface area contributed by atoms with Crippen molar-refractivity contribution in [3.8, 4) is 0 Å². The SMILES string of the molecule is COCCNCC(C)(C)Cc1cccc2ccccc12. The van der Waals surface area contributed by atoms with Crippen LogP contribution in [0.4, 0.5) is 0 Å². The predicted octanol–water partition coefficient (Wildman–Crippen LogP) is 3.64. The van der Waals surface area contributed by atoms with E-state index >= 15 is 0 Å². The maximum atomic E-state index is 5.07. The van der Waals surface area contributed by atoms with Gasteiger partial charge in [-0.2, -0.15) is 0 Å². The second-order valence-corrected chi connectivity index (χ2v) is 6.15. The maximum Gasteiger partial charge on any atom is 0.0587 e. The summed E-state index contributed by atoms with van der Waals surface area (Å²) >= 11 is 0. The van der Waals surface area contributed by atoms with Gasteiger partial charge in [-0.15, -0.1) is 0 Å². The highest BCUT2D eigenvalue weighted by molar-refractivity contribution is 5.85. The standard InChI is InChI=1S/C18H25NO/c1-18(2,14-19-11-12-20-3)13-16-9-6-8-15-7-4-5-10-17(15)16/h4-10,19H,11-14H2,1-3H3. The third kappa shape index (κ3) is 4.06. The average Bonchev–Trinajstić information content (AvgIpc) is 2.44.